The highest BCUT2D eigenvalue weighted by Gasteiger charge is 2.19. The van der Waals surface area contributed by atoms with Crippen LogP contribution in [0.1, 0.15) is 26.1 Å². The van der Waals surface area contributed by atoms with Crippen molar-refractivity contribution in [2.24, 2.45) is 0 Å². The molecule has 0 bridgehead atoms. The number of morpholine rings is 1. The van der Waals surface area contributed by atoms with E-state index in [9.17, 15) is 0 Å². The second kappa shape index (κ2) is 7.40. The molecule has 0 saturated carbocycles. The van der Waals surface area contributed by atoms with E-state index in [1.54, 1.807) is 7.11 Å². The van der Waals surface area contributed by atoms with E-state index in [-0.39, 0.29) is 6.10 Å². The van der Waals surface area contributed by atoms with E-state index in [0.717, 1.165) is 44.3 Å². The van der Waals surface area contributed by atoms with Crippen LogP contribution in [0.25, 0.3) is 0 Å². The third kappa shape index (κ3) is 4.05. The van der Waals surface area contributed by atoms with Crippen LogP contribution in [0.2, 0.25) is 0 Å². The summed E-state index contributed by atoms with van der Waals surface area (Å²) in [6.07, 6.45) is 1.30. The van der Waals surface area contributed by atoms with Crippen LogP contribution >= 0.6 is 0 Å². The van der Waals surface area contributed by atoms with Gasteiger partial charge in [-0.3, -0.25) is 0 Å². The fraction of sp³-hybridized carbons (Fsp3) is 0.714. The van der Waals surface area contributed by atoms with Crippen molar-refractivity contribution < 1.29 is 9.47 Å². The Kier molecular flexibility index (Phi) is 5.55. The third-order valence-corrected chi connectivity index (χ3v) is 3.15. The summed E-state index contributed by atoms with van der Waals surface area (Å²) in [5.74, 6) is 2.52. The summed E-state index contributed by atoms with van der Waals surface area (Å²) in [6.45, 7) is 8.01. The molecule has 1 saturated heterocycles. The molecule has 1 fully saturated rings. The van der Waals surface area contributed by atoms with E-state index in [1.807, 2.05) is 6.07 Å². The summed E-state index contributed by atoms with van der Waals surface area (Å²) >= 11 is 0. The number of ether oxygens (including phenoxy) is 2. The van der Waals surface area contributed by atoms with Gasteiger partial charge in [0.2, 0.25) is 0 Å². The van der Waals surface area contributed by atoms with Gasteiger partial charge in [0.05, 0.1) is 12.7 Å². The fourth-order valence-corrected chi connectivity index (χ4v) is 2.21. The van der Waals surface area contributed by atoms with Gasteiger partial charge in [-0.25, -0.2) is 9.97 Å². The maximum atomic E-state index is 5.58. The largest absolute Gasteiger partial charge is 0.377 e. The number of nitrogens with zero attached hydrogens (tertiary/aromatic N) is 3. The molecule has 0 aliphatic carbocycles. The summed E-state index contributed by atoms with van der Waals surface area (Å²) < 4.78 is 10.7. The number of methoxy groups -OCH3 is 1. The van der Waals surface area contributed by atoms with E-state index in [0.29, 0.717) is 12.4 Å². The lowest BCUT2D eigenvalue weighted by atomic mass is 10.3. The SMILES string of the molecule is CCCNc1cc(N2CCOC(C)C2)nc(COC)n1. The van der Waals surface area contributed by atoms with Crippen molar-refractivity contribution >= 4 is 11.6 Å². The van der Waals surface area contributed by atoms with Crippen LogP contribution < -0.4 is 10.2 Å². The van der Waals surface area contributed by atoms with Crippen LogP contribution in [0.15, 0.2) is 6.07 Å². The summed E-state index contributed by atoms with van der Waals surface area (Å²) in [6, 6.07) is 2.01. The number of anilines is 2. The monoisotopic (exact) mass is 280 g/mol. The zero-order valence-corrected chi connectivity index (χ0v) is 12.6. The minimum absolute atomic E-state index is 0.233. The first kappa shape index (κ1) is 15.0. The predicted octanol–water partition coefficient (Wildman–Crippen LogP) is 1.67. The molecular formula is C14H24N4O2. The Labute approximate surface area is 120 Å². The second-order valence-corrected chi connectivity index (χ2v) is 5.01. The van der Waals surface area contributed by atoms with Crippen molar-refractivity contribution in [3.63, 3.8) is 0 Å². The molecule has 6 nitrogen and oxygen atoms in total. The van der Waals surface area contributed by atoms with Gasteiger partial charge in [-0.15, -0.1) is 0 Å². The van der Waals surface area contributed by atoms with Crippen LogP contribution in [-0.2, 0) is 16.1 Å². The number of nitrogens with one attached hydrogen (secondary N) is 1. The van der Waals surface area contributed by atoms with Crippen LogP contribution in [0.4, 0.5) is 11.6 Å². The van der Waals surface area contributed by atoms with Gasteiger partial charge < -0.3 is 19.7 Å². The van der Waals surface area contributed by atoms with Crippen molar-refractivity contribution in [2.75, 3.05) is 43.6 Å². The molecule has 112 valence electrons. The first-order valence-corrected chi connectivity index (χ1v) is 7.20. The van der Waals surface area contributed by atoms with Gasteiger partial charge in [-0.05, 0) is 13.3 Å². The summed E-state index contributed by atoms with van der Waals surface area (Å²) in [7, 11) is 1.66. The molecule has 1 aromatic rings. The molecule has 0 spiro atoms. The number of hydrogen-bond donors (Lipinski definition) is 1. The number of aromatic nitrogens is 2. The molecular weight excluding hydrogens is 256 g/mol. The van der Waals surface area contributed by atoms with Crippen molar-refractivity contribution in [1.29, 1.82) is 0 Å². The minimum atomic E-state index is 0.233. The predicted molar refractivity (Wildman–Crippen MR) is 79.2 cm³/mol. The molecule has 1 N–H and O–H groups in total. The second-order valence-electron chi connectivity index (χ2n) is 5.01. The Balaban J connectivity index is 2.18. The van der Waals surface area contributed by atoms with Crippen LogP contribution in [0.5, 0.6) is 0 Å². The first-order valence-electron chi connectivity index (χ1n) is 7.20. The van der Waals surface area contributed by atoms with Crippen LogP contribution in [-0.4, -0.2) is 49.4 Å². The molecule has 1 aromatic heterocycles. The van der Waals surface area contributed by atoms with Gasteiger partial charge in [-0.2, -0.15) is 0 Å². The Morgan fingerprint density at radius 2 is 2.35 bits per heavy atom. The topological polar surface area (TPSA) is 59.5 Å². The first-order chi connectivity index (χ1) is 9.72. The number of hydrogen-bond acceptors (Lipinski definition) is 6. The van der Waals surface area contributed by atoms with Crippen molar-refractivity contribution in [1.82, 2.24) is 9.97 Å². The van der Waals surface area contributed by atoms with Gasteiger partial charge in [0, 0.05) is 32.8 Å². The Morgan fingerprint density at radius 1 is 1.50 bits per heavy atom. The van der Waals surface area contributed by atoms with Gasteiger partial charge in [-0.1, -0.05) is 6.92 Å². The quantitative estimate of drug-likeness (QED) is 0.855. The molecule has 20 heavy (non-hydrogen) atoms. The highest BCUT2D eigenvalue weighted by Crippen LogP contribution is 2.19. The lowest BCUT2D eigenvalue weighted by molar-refractivity contribution is 0.0529. The van der Waals surface area contributed by atoms with Gasteiger partial charge >= 0.3 is 0 Å². The van der Waals surface area contributed by atoms with Gasteiger partial charge in [0.15, 0.2) is 5.82 Å². The molecule has 6 heteroatoms. The Morgan fingerprint density at radius 3 is 3.05 bits per heavy atom. The van der Waals surface area contributed by atoms with Crippen molar-refractivity contribution in [3.8, 4) is 0 Å². The smallest absolute Gasteiger partial charge is 0.158 e. The van der Waals surface area contributed by atoms with E-state index in [2.05, 4.69) is 34.0 Å². The lowest BCUT2D eigenvalue weighted by Crippen LogP contribution is -2.41. The molecule has 0 aromatic carbocycles. The standard InChI is InChI=1S/C14H24N4O2/c1-4-5-15-12-8-14(17-13(16-12)10-19-3)18-6-7-20-11(2)9-18/h8,11H,4-7,9-10H2,1-3H3,(H,15,16,17). The molecule has 1 aliphatic rings. The fourth-order valence-electron chi connectivity index (χ4n) is 2.21. The van der Waals surface area contributed by atoms with E-state index in [1.165, 1.54) is 0 Å². The molecule has 1 aliphatic heterocycles. The Hall–Kier alpha value is -1.40. The highest BCUT2D eigenvalue weighted by molar-refractivity contribution is 5.49. The van der Waals surface area contributed by atoms with E-state index >= 15 is 0 Å². The lowest BCUT2D eigenvalue weighted by Gasteiger charge is -2.32. The Bertz CT molecular complexity index is 428. The molecule has 2 rings (SSSR count). The van der Waals surface area contributed by atoms with Crippen molar-refractivity contribution in [3.05, 3.63) is 11.9 Å². The minimum Gasteiger partial charge on any atom is -0.377 e. The zero-order valence-electron chi connectivity index (χ0n) is 12.6. The maximum Gasteiger partial charge on any atom is 0.158 e. The maximum absolute atomic E-state index is 5.58. The summed E-state index contributed by atoms with van der Waals surface area (Å²) in [5.41, 5.74) is 0. The van der Waals surface area contributed by atoms with Gasteiger partial charge in [0.25, 0.3) is 0 Å². The normalized spacial score (nSPS) is 19.1. The van der Waals surface area contributed by atoms with E-state index in [4.69, 9.17) is 9.47 Å². The number of rotatable bonds is 6. The molecule has 1 atom stereocenters. The van der Waals surface area contributed by atoms with Crippen LogP contribution in [0, 0.1) is 0 Å². The molecule has 2 heterocycles. The molecule has 1 unspecified atom stereocenters. The molecule has 0 amide bonds. The summed E-state index contributed by atoms with van der Waals surface area (Å²) in [4.78, 5) is 11.3. The molecule has 0 radical (unpaired) electrons. The van der Waals surface area contributed by atoms with E-state index < -0.39 is 0 Å². The average molecular weight is 280 g/mol. The summed E-state index contributed by atoms with van der Waals surface area (Å²) in [5, 5.41) is 3.32. The van der Waals surface area contributed by atoms with Gasteiger partial charge in [0.1, 0.15) is 18.2 Å². The average Bonchev–Trinajstić information content (AvgIpc) is 2.45. The highest BCUT2D eigenvalue weighted by atomic mass is 16.5. The van der Waals surface area contributed by atoms with Crippen molar-refractivity contribution in [2.45, 2.75) is 33.0 Å². The van der Waals surface area contributed by atoms with Crippen LogP contribution in [0.3, 0.4) is 0 Å². The zero-order chi connectivity index (χ0) is 14.4. The third-order valence-electron chi connectivity index (χ3n) is 3.15.